The van der Waals surface area contributed by atoms with E-state index in [-0.39, 0.29) is 11.8 Å². The van der Waals surface area contributed by atoms with Gasteiger partial charge in [0.1, 0.15) is 11.7 Å². The molecule has 2 amide bonds. The second-order valence-electron chi connectivity index (χ2n) is 6.35. The molecule has 1 aliphatic heterocycles. The van der Waals surface area contributed by atoms with E-state index in [2.05, 4.69) is 10.3 Å². The van der Waals surface area contributed by atoms with Gasteiger partial charge < -0.3 is 15.2 Å². The number of H-pyrrole nitrogens is 1. The van der Waals surface area contributed by atoms with Crippen LogP contribution in [0.2, 0.25) is 5.02 Å². The van der Waals surface area contributed by atoms with Gasteiger partial charge in [-0.25, -0.2) is 0 Å². The van der Waals surface area contributed by atoms with Gasteiger partial charge in [-0.1, -0.05) is 17.7 Å². The van der Waals surface area contributed by atoms with E-state index in [9.17, 15) is 9.59 Å². The quantitative estimate of drug-likeness (QED) is 0.908. The molecule has 2 heterocycles. The van der Waals surface area contributed by atoms with E-state index in [1.165, 1.54) is 6.42 Å². The second kappa shape index (κ2) is 5.57. The van der Waals surface area contributed by atoms with Gasteiger partial charge in [-0.2, -0.15) is 0 Å². The number of rotatable bonds is 3. The lowest BCUT2D eigenvalue weighted by molar-refractivity contribution is -0.132. The third-order valence-electron chi connectivity index (χ3n) is 4.89. The molecule has 0 bridgehead atoms. The van der Waals surface area contributed by atoms with E-state index in [4.69, 9.17) is 11.6 Å². The number of nitrogens with zero attached hydrogens (tertiary/aromatic N) is 1. The van der Waals surface area contributed by atoms with Crippen LogP contribution in [0.3, 0.4) is 0 Å². The molecule has 4 rings (SSSR count). The topological polar surface area (TPSA) is 65.2 Å². The van der Waals surface area contributed by atoms with E-state index < -0.39 is 6.04 Å². The molecule has 5 nitrogen and oxygen atoms in total. The molecule has 1 aromatic heterocycles. The van der Waals surface area contributed by atoms with Crippen LogP contribution in [0.15, 0.2) is 24.3 Å². The molecule has 1 unspecified atom stereocenters. The molecular weight excluding hydrogens is 314 g/mol. The van der Waals surface area contributed by atoms with Crippen molar-refractivity contribution >= 4 is 34.3 Å². The minimum absolute atomic E-state index is 0.0576. The van der Waals surface area contributed by atoms with Crippen molar-refractivity contribution in [2.24, 2.45) is 0 Å². The summed E-state index contributed by atoms with van der Waals surface area (Å²) in [6.45, 7) is 0.747. The molecule has 0 spiro atoms. The Morgan fingerprint density at radius 3 is 2.83 bits per heavy atom. The Bertz CT molecular complexity index is 781. The molecule has 1 atom stereocenters. The average molecular weight is 332 g/mol. The van der Waals surface area contributed by atoms with E-state index in [1.54, 1.807) is 18.2 Å². The van der Waals surface area contributed by atoms with Gasteiger partial charge in [0, 0.05) is 28.5 Å². The molecule has 120 valence electrons. The normalized spacial score (nSPS) is 21.7. The van der Waals surface area contributed by atoms with Crippen LogP contribution >= 0.6 is 11.6 Å². The number of halogens is 1. The Labute approximate surface area is 139 Å². The number of carbonyl (C=O) groups excluding carboxylic acids is 2. The number of hydrogen-bond donors (Lipinski definition) is 2. The standard InChI is InChI=1S/C17H18ClN3O2/c18-11-5-4-10-8-15(19-14(10)9-11)16(22)20-13-6-7-21(17(13)23)12-2-1-3-12/h4-5,8-9,12-13,19H,1-3,6-7H2,(H,20,22). The average Bonchev–Trinajstić information content (AvgIpc) is 3.03. The predicted octanol–water partition coefficient (Wildman–Crippen LogP) is 2.70. The summed E-state index contributed by atoms with van der Waals surface area (Å²) in [6.07, 6.45) is 4.07. The Hall–Kier alpha value is -2.01. The zero-order valence-corrected chi connectivity index (χ0v) is 13.4. The Morgan fingerprint density at radius 2 is 2.09 bits per heavy atom. The van der Waals surface area contributed by atoms with E-state index in [1.807, 2.05) is 11.0 Å². The summed E-state index contributed by atoms with van der Waals surface area (Å²) in [6, 6.07) is 7.20. The van der Waals surface area contributed by atoms with Crippen molar-refractivity contribution in [2.45, 2.75) is 37.8 Å². The smallest absolute Gasteiger partial charge is 0.268 e. The third kappa shape index (κ3) is 2.59. The Kier molecular flexibility index (Phi) is 3.53. The first-order valence-corrected chi connectivity index (χ1v) is 8.39. The van der Waals surface area contributed by atoms with Crippen molar-refractivity contribution in [3.63, 3.8) is 0 Å². The molecule has 2 fully saturated rings. The van der Waals surface area contributed by atoms with Gasteiger partial charge in [0.15, 0.2) is 0 Å². The van der Waals surface area contributed by atoms with Gasteiger partial charge in [0.05, 0.1) is 0 Å². The molecule has 2 aliphatic rings. The fraction of sp³-hybridized carbons (Fsp3) is 0.412. The highest BCUT2D eigenvalue weighted by atomic mass is 35.5. The maximum absolute atomic E-state index is 12.4. The van der Waals surface area contributed by atoms with E-state index in [0.717, 1.165) is 30.3 Å². The fourth-order valence-corrected chi connectivity index (χ4v) is 3.53. The number of benzene rings is 1. The first-order chi connectivity index (χ1) is 11.1. The van der Waals surface area contributed by atoms with Crippen molar-refractivity contribution in [2.75, 3.05) is 6.54 Å². The molecule has 1 aromatic carbocycles. The summed E-state index contributed by atoms with van der Waals surface area (Å²) >= 11 is 5.96. The summed E-state index contributed by atoms with van der Waals surface area (Å²) in [4.78, 5) is 29.8. The van der Waals surface area contributed by atoms with Gasteiger partial charge in [0.25, 0.3) is 5.91 Å². The number of nitrogens with one attached hydrogen (secondary N) is 2. The molecule has 2 N–H and O–H groups in total. The van der Waals surface area contributed by atoms with Crippen molar-refractivity contribution in [3.8, 4) is 0 Å². The largest absolute Gasteiger partial charge is 0.350 e. The second-order valence-corrected chi connectivity index (χ2v) is 6.78. The first kappa shape index (κ1) is 14.6. The molecule has 23 heavy (non-hydrogen) atoms. The van der Waals surface area contributed by atoms with E-state index in [0.29, 0.717) is 23.2 Å². The van der Waals surface area contributed by atoms with Crippen LogP contribution < -0.4 is 5.32 Å². The van der Waals surface area contributed by atoms with Crippen molar-refractivity contribution in [1.82, 2.24) is 15.2 Å². The van der Waals surface area contributed by atoms with Crippen LogP contribution in [0.1, 0.15) is 36.2 Å². The highest BCUT2D eigenvalue weighted by Gasteiger charge is 2.38. The van der Waals surface area contributed by atoms with E-state index >= 15 is 0 Å². The van der Waals surface area contributed by atoms with Crippen LogP contribution in [-0.2, 0) is 4.79 Å². The van der Waals surface area contributed by atoms with Crippen LogP contribution in [-0.4, -0.2) is 40.3 Å². The van der Waals surface area contributed by atoms with Gasteiger partial charge in [-0.15, -0.1) is 0 Å². The monoisotopic (exact) mass is 331 g/mol. The molecule has 1 saturated carbocycles. The first-order valence-electron chi connectivity index (χ1n) is 8.01. The summed E-state index contributed by atoms with van der Waals surface area (Å²) in [5, 5.41) is 4.40. The fourth-order valence-electron chi connectivity index (χ4n) is 3.35. The van der Waals surface area contributed by atoms with Crippen molar-refractivity contribution < 1.29 is 9.59 Å². The number of amides is 2. The van der Waals surface area contributed by atoms with Gasteiger partial charge in [0.2, 0.25) is 5.91 Å². The lowest BCUT2D eigenvalue weighted by Crippen LogP contribution is -2.46. The van der Waals surface area contributed by atoms with Crippen molar-refractivity contribution in [1.29, 1.82) is 0 Å². The lowest BCUT2D eigenvalue weighted by atomic mass is 9.92. The van der Waals surface area contributed by atoms with Crippen LogP contribution in [0, 0.1) is 0 Å². The highest BCUT2D eigenvalue weighted by molar-refractivity contribution is 6.31. The van der Waals surface area contributed by atoms with Crippen LogP contribution in [0.5, 0.6) is 0 Å². The molecule has 1 aliphatic carbocycles. The summed E-state index contributed by atoms with van der Waals surface area (Å²) in [5.74, 6) is -0.187. The SMILES string of the molecule is O=C(NC1CCN(C2CCC2)C1=O)c1cc2ccc(Cl)cc2[nH]1. The number of aromatic amines is 1. The van der Waals surface area contributed by atoms with Crippen molar-refractivity contribution in [3.05, 3.63) is 35.0 Å². The van der Waals surface area contributed by atoms with Crippen LogP contribution in [0.25, 0.3) is 10.9 Å². The lowest BCUT2D eigenvalue weighted by Gasteiger charge is -2.34. The van der Waals surface area contributed by atoms with Crippen LogP contribution in [0.4, 0.5) is 0 Å². The van der Waals surface area contributed by atoms with Gasteiger partial charge >= 0.3 is 0 Å². The Balaban J connectivity index is 1.47. The number of likely N-dealkylation sites (tertiary alicyclic amines) is 1. The Morgan fingerprint density at radius 1 is 1.26 bits per heavy atom. The molecular formula is C17H18ClN3O2. The summed E-state index contributed by atoms with van der Waals surface area (Å²) in [5.41, 5.74) is 1.27. The summed E-state index contributed by atoms with van der Waals surface area (Å²) in [7, 11) is 0. The maximum Gasteiger partial charge on any atom is 0.268 e. The van der Waals surface area contributed by atoms with Gasteiger partial charge in [-0.05, 0) is 43.9 Å². The number of hydrogen-bond acceptors (Lipinski definition) is 2. The highest BCUT2D eigenvalue weighted by Crippen LogP contribution is 2.28. The minimum atomic E-state index is -0.405. The molecule has 6 heteroatoms. The maximum atomic E-state index is 12.4. The van der Waals surface area contributed by atoms with Gasteiger partial charge in [-0.3, -0.25) is 9.59 Å². The molecule has 0 radical (unpaired) electrons. The zero-order chi connectivity index (χ0) is 16.0. The number of carbonyl (C=O) groups is 2. The third-order valence-corrected chi connectivity index (χ3v) is 5.12. The predicted molar refractivity (Wildman–Crippen MR) is 88.5 cm³/mol. The summed E-state index contributed by atoms with van der Waals surface area (Å²) < 4.78 is 0. The number of fused-ring (bicyclic) bond motifs is 1. The molecule has 1 saturated heterocycles. The minimum Gasteiger partial charge on any atom is -0.350 e. The zero-order valence-electron chi connectivity index (χ0n) is 12.6. The number of aromatic nitrogens is 1. The molecule has 2 aromatic rings.